The average molecular weight is 227 g/mol. The summed E-state index contributed by atoms with van der Waals surface area (Å²) in [6.07, 6.45) is 5.42. The lowest BCUT2D eigenvalue weighted by Crippen LogP contribution is -2.42. The fraction of sp³-hybridized carbons (Fsp3) is 1.00. The summed E-state index contributed by atoms with van der Waals surface area (Å²) in [5.41, 5.74) is 0. The fourth-order valence-corrected chi connectivity index (χ4v) is 2.69. The molecule has 0 spiro atoms. The smallest absolute Gasteiger partial charge is 0.147 e. The number of nitrogens with one attached hydrogen (secondary N) is 1. The predicted octanol–water partition coefficient (Wildman–Crippen LogP) is 2.16. The van der Waals surface area contributed by atoms with E-state index in [9.17, 15) is 0 Å². The van der Waals surface area contributed by atoms with Crippen LogP contribution in [0.2, 0.25) is 0 Å². The van der Waals surface area contributed by atoms with E-state index in [0.29, 0.717) is 18.9 Å². The van der Waals surface area contributed by atoms with Crippen molar-refractivity contribution in [3.05, 3.63) is 0 Å². The molecule has 4 atom stereocenters. The Bertz CT molecular complexity index is 204. The molecule has 0 aromatic heterocycles. The molecule has 1 heterocycles. The van der Waals surface area contributed by atoms with Gasteiger partial charge in [-0.3, -0.25) is 0 Å². The first kappa shape index (κ1) is 12.3. The largest absolute Gasteiger partial charge is 0.355 e. The Balaban J connectivity index is 1.65. The minimum absolute atomic E-state index is 0.364. The third-order valence-corrected chi connectivity index (χ3v) is 4.20. The van der Waals surface area contributed by atoms with Gasteiger partial charge in [-0.15, -0.1) is 0 Å². The summed E-state index contributed by atoms with van der Waals surface area (Å²) in [7, 11) is 0. The fourth-order valence-electron chi connectivity index (χ4n) is 2.69. The Kier molecular flexibility index (Phi) is 4.62. The molecule has 2 rings (SSSR count). The Morgan fingerprint density at radius 3 is 2.69 bits per heavy atom. The zero-order valence-electron chi connectivity index (χ0n) is 10.6. The highest BCUT2D eigenvalue weighted by Gasteiger charge is 2.25. The summed E-state index contributed by atoms with van der Waals surface area (Å²) in [4.78, 5) is 0. The SMILES string of the molecule is CC1CCC(NCC2CCOCO2)CC1C. The first-order chi connectivity index (χ1) is 7.75. The molecule has 1 aliphatic carbocycles. The standard InChI is InChI=1S/C13H25NO2/c1-10-3-4-12(7-11(10)2)14-8-13-5-6-15-9-16-13/h10-14H,3-9H2,1-2H3. The summed E-state index contributed by atoms with van der Waals surface area (Å²) in [6, 6.07) is 0.706. The second-order valence-corrected chi connectivity index (χ2v) is 5.48. The zero-order valence-corrected chi connectivity index (χ0v) is 10.6. The van der Waals surface area contributed by atoms with E-state index in [2.05, 4.69) is 19.2 Å². The number of hydrogen-bond acceptors (Lipinski definition) is 3. The quantitative estimate of drug-likeness (QED) is 0.801. The van der Waals surface area contributed by atoms with E-state index >= 15 is 0 Å². The molecule has 1 aliphatic heterocycles. The maximum atomic E-state index is 5.53. The third kappa shape index (κ3) is 3.44. The minimum atomic E-state index is 0.364. The van der Waals surface area contributed by atoms with Crippen LogP contribution in [0.25, 0.3) is 0 Å². The van der Waals surface area contributed by atoms with Crippen LogP contribution in [-0.4, -0.2) is 32.1 Å². The van der Waals surface area contributed by atoms with Crippen molar-refractivity contribution in [2.24, 2.45) is 11.8 Å². The van der Waals surface area contributed by atoms with Crippen molar-refractivity contribution in [1.29, 1.82) is 0 Å². The third-order valence-electron chi connectivity index (χ3n) is 4.20. The van der Waals surface area contributed by atoms with E-state index in [4.69, 9.17) is 9.47 Å². The summed E-state index contributed by atoms with van der Waals surface area (Å²) in [5.74, 6) is 1.76. The molecule has 0 bridgehead atoms. The number of ether oxygens (including phenoxy) is 2. The molecular weight excluding hydrogens is 202 g/mol. The van der Waals surface area contributed by atoms with Crippen molar-refractivity contribution in [1.82, 2.24) is 5.32 Å². The van der Waals surface area contributed by atoms with Crippen molar-refractivity contribution in [3.63, 3.8) is 0 Å². The van der Waals surface area contributed by atoms with Crippen molar-refractivity contribution in [2.75, 3.05) is 19.9 Å². The van der Waals surface area contributed by atoms with Gasteiger partial charge in [0, 0.05) is 12.6 Å². The van der Waals surface area contributed by atoms with Gasteiger partial charge < -0.3 is 14.8 Å². The number of hydrogen-bond donors (Lipinski definition) is 1. The van der Waals surface area contributed by atoms with Gasteiger partial charge in [0.1, 0.15) is 6.79 Å². The molecule has 1 saturated heterocycles. The van der Waals surface area contributed by atoms with Crippen molar-refractivity contribution in [2.45, 2.75) is 51.7 Å². The Labute approximate surface area is 98.9 Å². The van der Waals surface area contributed by atoms with E-state index in [1.807, 2.05) is 0 Å². The molecule has 94 valence electrons. The topological polar surface area (TPSA) is 30.5 Å². The van der Waals surface area contributed by atoms with E-state index in [1.165, 1.54) is 19.3 Å². The molecule has 16 heavy (non-hydrogen) atoms. The molecular formula is C13H25NO2. The van der Waals surface area contributed by atoms with Gasteiger partial charge in [-0.25, -0.2) is 0 Å². The lowest BCUT2D eigenvalue weighted by atomic mass is 9.79. The second kappa shape index (κ2) is 5.99. The summed E-state index contributed by atoms with van der Waals surface area (Å²) < 4.78 is 10.7. The molecule has 0 radical (unpaired) electrons. The molecule has 3 heteroatoms. The molecule has 4 unspecified atom stereocenters. The van der Waals surface area contributed by atoms with Crippen molar-refractivity contribution < 1.29 is 9.47 Å². The molecule has 1 saturated carbocycles. The highest BCUT2D eigenvalue weighted by atomic mass is 16.7. The van der Waals surface area contributed by atoms with Crippen LogP contribution in [0, 0.1) is 11.8 Å². The summed E-state index contributed by atoms with van der Waals surface area (Å²) in [5, 5.41) is 3.66. The number of rotatable bonds is 3. The highest BCUT2D eigenvalue weighted by molar-refractivity contribution is 4.80. The van der Waals surface area contributed by atoms with Gasteiger partial charge in [-0.2, -0.15) is 0 Å². The van der Waals surface area contributed by atoms with Crippen LogP contribution in [0.3, 0.4) is 0 Å². The first-order valence-corrected chi connectivity index (χ1v) is 6.68. The molecule has 2 aliphatic rings. The predicted molar refractivity (Wildman–Crippen MR) is 64.3 cm³/mol. The Hall–Kier alpha value is -0.120. The highest BCUT2D eigenvalue weighted by Crippen LogP contribution is 2.29. The van der Waals surface area contributed by atoms with Crippen LogP contribution in [-0.2, 0) is 9.47 Å². The van der Waals surface area contributed by atoms with E-state index in [1.54, 1.807) is 0 Å². The van der Waals surface area contributed by atoms with Gasteiger partial charge in [-0.1, -0.05) is 13.8 Å². The van der Waals surface area contributed by atoms with Crippen LogP contribution in [0.1, 0.15) is 39.5 Å². The molecule has 1 N–H and O–H groups in total. The lowest BCUT2D eigenvalue weighted by Gasteiger charge is -2.34. The molecule has 2 fully saturated rings. The van der Waals surface area contributed by atoms with Crippen molar-refractivity contribution >= 4 is 0 Å². The molecule has 0 aromatic rings. The average Bonchev–Trinajstić information content (AvgIpc) is 2.32. The van der Waals surface area contributed by atoms with Gasteiger partial charge in [0.05, 0.1) is 12.7 Å². The van der Waals surface area contributed by atoms with Gasteiger partial charge >= 0.3 is 0 Å². The Morgan fingerprint density at radius 2 is 2.00 bits per heavy atom. The maximum absolute atomic E-state index is 5.53. The van der Waals surface area contributed by atoms with Crippen molar-refractivity contribution in [3.8, 4) is 0 Å². The maximum Gasteiger partial charge on any atom is 0.147 e. The lowest BCUT2D eigenvalue weighted by molar-refractivity contribution is -0.137. The molecule has 0 aromatic carbocycles. The molecule has 0 amide bonds. The van der Waals surface area contributed by atoms with E-state index in [-0.39, 0.29) is 0 Å². The van der Waals surface area contributed by atoms with Gasteiger partial charge in [0.15, 0.2) is 0 Å². The van der Waals surface area contributed by atoms with Crippen LogP contribution in [0.5, 0.6) is 0 Å². The molecule has 3 nitrogen and oxygen atoms in total. The van der Waals surface area contributed by atoms with Crippen LogP contribution >= 0.6 is 0 Å². The van der Waals surface area contributed by atoms with E-state index in [0.717, 1.165) is 31.4 Å². The first-order valence-electron chi connectivity index (χ1n) is 6.68. The summed E-state index contributed by atoms with van der Waals surface area (Å²) >= 11 is 0. The normalized spacial score (nSPS) is 40.9. The van der Waals surface area contributed by atoms with Gasteiger partial charge in [0.25, 0.3) is 0 Å². The summed E-state index contributed by atoms with van der Waals surface area (Å²) in [6.45, 7) is 7.08. The van der Waals surface area contributed by atoms with Gasteiger partial charge in [0.2, 0.25) is 0 Å². The monoisotopic (exact) mass is 227 g/mol. The van der Waals surface area contributed by atoms with Crippen LogP contribution < -0.4 is 5.32 Å². The Morgan fingerprint density at radius 1 is 1.12 bits per heavy atom. The van der Waals surface area contributed by atoms with E-state index < -0.39 is 0 Å². The van der Waals surface area contributed by atoms with Crippen LogP contribution in [0.4, 0.5) is 0 Å². The second-order valence-electron chi connectivity index (χ2n) is 5.48. The van der Waals surface area contributed by atoms with Gasteiger partial charge in [-0.05, 0) is 37.5 Å². The zero-order chi connectivity index (χ0) is 11.4. The van der Waals surface area contributed by atoms with Crippen LogP contribution in [0.15, 0.2) is 0 Å². The minimum Gasteiger partial charge on any atom is -0.355 e.